The van der Waals surface area contributed by atoms with E-state index in [1.165, 1.54) is 30.9 Å². The van der Waals surface area contributed by atoms with Gasteiger partial charge in [0.25, 0.3) is 5.91 Å². The molecule has 196 valence electrons. The van der Waals surface area contributed by atoms with Gasteiger partial charge in [0.05, 0.1) is 19.9 Å². The number of nitrogens with zero attached hydrogens (tertiary/aromatic N) is 2. The first kappa shape index (κ1) is 25.4. The lowest BCUT2D eigenvalue weighted by molar-refractivity contribution is -0.177. The van der Waals surface area contributed by atoms with E-state index < -0.39 is 23.5 Å². The topological polar surface area (TPSA) is 94.6 Å². The number of rotatable bonds is 7. The summed E-state index contributed by atoms with van der Waals surface area (Å²) in [4.78, 5) is 41.6. The molecule has 0 unspecified atom stereocenters. The minimum absolute atomic E-state index is 0.261. The van der Waals surface area contributed by atoms with Gasteiger partial charge in [0.1, 0.15) is 29.3 Å². The van der Waals surface area contributed by atoms with Gasteiger partial charge in [-0.05, 0) is 23.8 Å². The van der Waals surface area contributed by atoms with Crippen LogP contribution in [0.3, 0.4) is 0 Å². The highest BCUT2D eigenvalue weighted by molar-refractivity contribution is 6.30. The van der Waals surface area contributed by atoms with Gasteiger partial charge in [0.15, 0.2) is 6.73 Å². The molecule has 3 aromatic carbocycles. The average Bonchev–Trinajstić information content (AvgIpc) is 3.01. The Morgan fingerprint density at radius 1 is 0.974 bits per heavy atom. The molecule has 38 heavy (non-hydrogen) atoms. The molecule has 0 radical (unpaired) electrons. The summed E-state index contributed by atoms with van der Waals surface area (Å²) >= 11 is 6.49. The van der Waals surface area contributed by atoms with Crippen LogP contribution in [0.5, 0.6) is 17.2 Å². The summed E-state index contributed by atoms with van der Waals surface area (Å²) in [5.41, 5.74) is 0.533. The molecule has 2 atom stereocenters. The number of hydrogen-bond donors (Lipinski definition) is 0. The number of benzene rings is 3. The standard InChI is InChI=1S/C28H25ClN2O7/c1-17(32)37-16-30-24-10-9-19(29)11-23(24)28(18-7-5-4-6-8-18)26(27(34)31(28)15-25(30)33)38-22-13-20(35-2)12-21(14-22)36-3/h4-14,26H,15-16H2,1-3H3/t26-,28+/m1/s1. The van der Waals surface area contributed by atoms with Gasteiger partial charge in [-0.25, -0.2) is 0 Å². The second-order valence-corrected chi connectivity index (χ2v) is 9.29. The van der Waals surface area contributed by atoms with Crippen LogP contribution in [-0.2, 0) is 24.7 Å². The number of hydrogen-bond acceptors (Lipinski definition) is 7. The van der Waals surface area contributed by atoms with E-state index in [0.29, 0.717) is 33.5 Å². The van der Waals surface area contributed by atoms with Crippen molar-refractivity contribution in [3.05, 3.63) is 82.9 Å². The number of amides is 2. The second-order valence-electron chi connectivity index (χ2n) is 8.85. The van der Waals surface area contributed by atoms with Gasteiger partial charge in [0, 0.05) is 35.7 Å². The number of esters is 1. The van der Waals surface area contributed by atoms with Crippen molar-refractivity contribution >= 4 is 35.1 Å². The molecule has 2 heterocycles. The van der Waals surface area contributed by atoms with E-state index in [2.05, 4.69) is 0 Å². The van der Waals surface area contributed by atoms with Gasteiger partial charge in [-0.3, -0.25) is 19.3 Å². The Morgan fingerprint density at radius 3 is 2.26 bits per heavy atom. The molecule has 0 spiro atoms. The lowest BCUT2D eigenvalue weighted by atomic mass is 9.69. The van der Waals surface area contributed by atoms with Gasteiger partial charge >= 0.3 is 5.97 Å². The summed E-state index contributed by atoms with van der Waals surface area (Å²) in [5.74, 6) is -0.00686. The maximum absolute atomic E-state index is 13.7. The molecule has 9 nitrogen and oxygen atoms in total. The molecule has 1 saturated heterocycles. The van der Waals surface area contributed by atoms with Crippen LogP contribution in [0, 0.1) is 0 Å². The minimum atomic E-state index is -1.21. The van der Waals surface area contributed by atoms with Crippen molar-refractivity contribution in [2.75, 3.05) is 32.4 Å². The zero-order valence-electron chi connectivity index (χ0n) is 21.0. The highest BCUT2D eigenvalue weighted by Crippen LogP contribution is 2.53. The first-order valence-electron chi connectivity index (χ1n) is 11.8. The van der Waals surface area contributed by atoms with Crippen molar-refractivity contribution in [1.29, 1.82) is 0 Å². The van der Waals surface area contributed by atoms with Crippen molar-refractivity contribution in [2.45, 2.75) is 18.6 Å². The Morgan fingerprint density at radius 2 is 1.63 bits per heavy atom. The molecule has 0 N–H and O–H groups in total. The highest BCUT2D eigenvalue weighted by Gasteiger charge is 2.66. The maximum Gasteiger partial charge on any atom is 0.304 e. The lowest BCUT2D eigenvalue weighted by Crippen LogP contribution is -2.74. The van der Waals surface area contributed by atoms with Crippen molar-refractivity contribution < 1.29 is 33.3 Å². The fourth-order valence-corrected chi connectivity index (χ4v) is 5.21. The van der Waals surface area contributed by atoms with Crippen LogP contribution < -0.4 is 19.1 Å². The Labute approximate surface area is 224 Å². The molecule has 0 aromatic heterocycles. The monoisotopic (exact) mass is 536 g/mol. The van der Waals surface area contributed by atoms with E-state index in [9.17, 15) is 14.4 Å². The highest BCUT2D eigenvalue weighted by atomic mass is 35.5. The van der Waals surface area contributed by atoms with Crippen LogP contribution in [0.25, 0.3) is 0 Å². The fourth-order valence-electron chi connectivity index (χ4n) is 5.04. The summed E-state index contributed by atoms with van der Waals surface area (Å²) in [7, 11) is 3.04. The normalized spacial score (nSPS) is 20.1. The third kappa shape index (κ3) is 4.09. The molecule has 5 rings (SSSR count). The zero-order valence-corrected chi connectivity index (χ0v) is 21.7. The van der Waals surface area contributed by atoms with E-state index in [1.807, 2.05) is 30.3 Å². The van der Waals surface area contributed by atoms with Crippen LogP contribution in [-0.4, -0.2) is 56.3 Å². The van der Waals surface area contributed by atoms with Crippen LogP contribution in [0.2, 0.25) is 5.02 Å². The number of carbonyl (C=O) groups excluding carboxylic acids is 3. The lowest BCUT2D eigenvalue weighted by Gasteiger charge is -2.56. The summed E-state index contributed by atoms with van der Waals surface area (Å²) in [6.07, 6.45) is -1.06. The number of halogens is 1. The Hall–Kier alpha value is -4.24. The number of β-lactam (4-membered cyclic amide) rings is 1. The molecule has 0 aliphatic carbocycles. The zero-order chi connectivity index (χ0) is 27.0. The van der Waals surface area contributed by atoms with E-state index in [0.717, 1.165) is 5.56 Å². The van der Waals surface area contributed by atoms with Crippen LogP contribution >= 0.6 is 11.6 Å². The largest absolute Gasteiger partial charge is 0.496 e. The maximum atomic E-state index is 13.7. The number of ether oxygens (including phenoxy) is 4. The van der Waals surface area contributed by atoms with Gasteiger partial charge < -0.3 is 23.8 Å². The summed E-state index contributed by atoms with van der Waals surface area (Å²) in [5, 5.41) is 0.405. The molecule has 3 aromatic rings. The summed E-state index contributed by atoms with van der Waals surface area (Å²) in [6, 6.07) is 19.4. The van der Waals surface area contributed by atoms with Crippen molar-refractivity contribution in [2.24, 2.45) is 0 Å². The molecule has 1 fully saturated rings. The van der Waals surface area contributed by atoms with Gasteiger partial charge in [-0.2, -0.15) is 0 Å². The average molecular weight is 537 g/mol. The first-order valence-corrected chi connectivity index (χ1v) is 12.2. The van der Waals surface area contributed by atoms with Crippen LogP contribution in [0.4, 0.5) is 5.69 Å². The van der Waals surface area contributed by atoms with Gasteiger partial charge in [-0.15, -0.1) is 0 Å². The van der Waals surface area contributed by atoms with E-state index >= 15 is 0 Å². The molecule has 0 saturated carbocycles. The van der Waals surface area contributed by atoms with Crippen molar-refractivity contribution in [3.63, 3.8) is 0 Å². The smallest absolute Gasteiger partial charge is 0.304 e. The Balaban J connectivity index is 1.72. The Kier molecular flexibility index (Phi) is 6.62. The summed E-state index contributed by atoms with van der Waals surface area (Å²) < 4.78 is 22.3. The molecular weight excluding hydrogens is 512 g/mol. The van der Waals surface area contributed by atoms with E-state index in [4.69, 9.17) is 30.5 Å². The van der Waals surface area contributed by atoms with Crippen molar-refractivity contribution in [3.8, 4) is 17.2 Å². The third-order valence-corrected chi connectivity index (χ3v) is 6.97. The number of anilines is 1. The quantitative estimate of drug-likeness (QED) is 0.335. The SMILES string of the molecule is COc1cc(OC)cc(O[C@@H]2C(=O)N3CC(=O)N(COC(C)=O)c4ccc(Cl)cc4[C@@]23c2ccccc2)c1. The van der Waals surface area contributed by atoms with Crippen LogP contribution in [0.15, 0.2) is 66.7 Å². The predicted octanol–water partition coefficient (Wildman–Crippen LogP) is 3.76. The number of methoxy groups -OCH3 is 2. The molecule has 2 aliphatic rings. The Bertz CT molecular complexity index is 1390. The number of fused-ring (bicyclic) bond motifs is 3. The van der Waals surface area contributed by atoms with Gasteiger partial charge in [0.2, 0.25) is 12.0 Å². The minimum Gasteiger partial charge on any atom is -0.496 e. The van der Waals surface area contributed by atoms with Crippen molar-refractivity contribution in [1.82, 2.24) is 4.90 Å². The second kappa shape index (κ2) is 9.90. The summed E-state index contributed by atoms with van der Waals surface area (Å²) in [6.45, 7) is 0.691. The predicted molar refractivity (Wildman–Crippen MR) is 138 cm³/mol. The van der Waals surface area contributed by atoms with E-state index in [1.54, 1.807) is 36.4 Å². The number of carbonyl (C=O) groups is 3. The third-order valence-electron chi connectivity index (χ3n) is 6.74. The fraction of sp³-hybridized carbons (Fsp3) is 0.250. The molecule has 2 amide bonds. The molecular formula is C28H25ClN2O7. The van der Waals surface area contributed by atoms with Crippen LogP contribution in [0.1, 0.15) is 18.1 Å². The molecule has 0 bridgehead atoms. The first-order chi connectivity index (χ1) is 18.3. The molecule has 2 aliphatic heterocycles. The van der Waals surface area contributed by atoms with E-state index in [-0.39, 0.29) is 19.2 Å². The molecule has 10 heteroatoms. The van der Waals surface area contributed by atoms with Gasteiger partial charge in [-0.1, -0.05) is 41.9 Å².